The van der Waals surface area contributed by atoms with E-state index in [0.29, 0.717) is 0 Å². The van der Waals surface area contributed by atoms with E-state index in [0.717, 1.165) is 18.8 Å². The molecule has 4 nitrogen and oxygen atoms in total. The predicted octanol–water partition coefficient (Wildman–Crippen LogP) is -0.0311. The minimum atomic E-state index is 0.119. The molecule has 4 heteroatoms. The van der Waals surface area contributed by atoms with Crippen LogP contribution < -0.4 is 5.32 Å². The fraction of sp³-hybridized carbons (Fsp3) is 0.556. The van der Waals surface area contributed by atoms with Gasteiger partial charge in [0, 0.05) is 20.0 Å². The van der Waals surface area contributed by atoms with E-state index in [9.17, 15) is 0 Å². The van der Waals surface area contributed by atoms with Gasteiger partial charge in [-0.3, -0.25) is 0 Å². The largest absolute Gasteiger partial charge is 0.321 e. The molecule has 1 aromatic heterocycles. The van der Waals surface area contributed by atoms with Crippen LogP contribution in [0.5, 0.6) is 0 Å². The normalized spacial score (nSPS) is 12.4. The average molecular weight is 178 g/mol. The van der Waals surface area contributed by atoms with Crippen LogP contribution >= 0.6 is 0 Å². The summed E-state index contributed by atoms with van der Waals surface area (Å²) in [7, 11) is 1.93. The van der Waals surface area contributed by atoms with Gasteiger partial charge in [0.25, 0.3) is 0 Å². The Morgan fingerprint density at radius 1 is 1.77 bits per heavy atom. The third kappa shape index (κ3) is 2.88. The highest BCUT2D eigenvalue weighted by Gasteiger charge is 2.00. The van der Waals surface area contributed by atoms with Crippen molar-refractivity contribution in [2.75, 3.05) is 6.54 Å². The summed E-state index contributed by atoms with van der Waals surface area (Å²) in [6.45, 7) is 2.79. The van der Waals surface area contributed by atoms with Gasteiger partial charge in [0.1, 0.15) is 12.2 Å². The van der Waals surface area contributed by atoms with Crippen molar-refractivity contribution in [3.05, 3.63) is 12.2 Å². The third-order valence-electron chi connectivity index (χ3n) is 1.85. The molecule has 1 N–H and O–H groups in total. The van der Waals surface area contributed by atoms with E-state index in [2.05, 4.69) is 21.4 Å². The van der Waals surface area contributed by atoms with Crippen LogP contribution in [0.4, 0.5) is 0 Å². The number of aryl methyl sites for hydroxylation is 1. The molecule has 0 bridgehead atoms. The maximum absolute atomic E-state index is 5.22. The smallest absolute Gasteiger partial charge is 0.133 e. The summed E-state index contributed by atoms with van der Waals surface area (Å²) in [5, 5.41) is 10.9. The first-order chi connectivity index (χ1) is 6.24. The maximum atomic E-state index is 5.22. The SMILES string of the molecule is C#CC(C)NCCc1nncn1C. The van der Waals surface area contributed by atoms with E-state index in [1.54, 1.807) is 6.33 Å². The summed E-state index contributed by atoms with van der Waals surface area (Å²) >= 11 is 0. The molecule has 0 amide bonds. The standard InChI is InChI=1S/C9H14N4/c1-4-8(2)10-6-5-9-12-11-7-13(9)3/h1,7-8,10H,5-6H2,2-3H3. The van der Waals surface area contributed by atoms with E-state index in [1.165, 1.54) is 0 Å². The lowest BCUT2D eigenvalue weighted by atomic mass is 10.3. The Labute approximate surface area is 78.4 Å². The molecule has 1 aromatic rings. The molecule has 0 spiro atoms. The topological polar surface area (TPSA) is 42.7 Å². The van der Waals surface area contributed by atoms with E-state index in [4.69, 9.17) is 6.42 Å². The number of nitrogens with zero attached hydrogens (tertiary/aromatic N) is 3. The lowest BCUT2D eigenvalue weighted by Gasteiger charge is -2.06. The Kier molecular flexibility index (Phi) is 3.47. The molecule has 0 aliphatic carbocycles. The summed E-state index contributed by atoms with van der Waals surface area (Å²) < 4.78 is 1.90. The van der Waals surface area contributed by atoms with Gasteiger partial charge in [-0.1, -0.05) is 5.92 Å². The molecule has 0 saturated heterocycles. The number of terminal acetylenes is 1. The van der Waals surface area contributed by atoms with Crippen LogP contribution in [0.3, 0.4) is 0 Å². The van der Waals surface area contributed by atoms with Crippen molar-refractivity contribution >= 4 is 0 Å². The minimum Gasteiger partial charge on any atom is -0.321 e. The van der Waals surface area contributed by atoms with Gasteiger partial charge in [-0.25, -0.2) is 0 Å². The summed E-state index contributed by atoms with van der Waals surface area (Å²) in [6.07, 6.45) is 7.76. The first-order valence-corrected chi connectivity index (χ1v) is 4.26. The Morgan fingerprint density at radius 2 is 2.54 bits per heavy atom. The van der Waals surface area contributed by atoms with Crippen molar-refractivity contribution in [2.24, 2.45) is 7.05 Å². The lowest BCUT2D eigenvalue weighted by molar-refractivity contribution is 0.623. The van der Waals surface area contributed by atoms with Gasteiger partial charge in [0.05, 0.1) is 6.04 Å². The molecule has 0 fully saturated rings. The van der Waals surface area contributed by atoms with E-state index in [1.807, 2.05) is 18.5 Å². The molecular weight excluding hydrogens is 164 g/mol. The highest BCUT2D eigenvalue weighted by Crippen LogP contribution is 1.91. The fourth-order valence-electron chi connectivity index (χ4n) is 0.993. The molecule has 0 aliphatic heterocycles. The van der Waals surface area contributed by atoms with Crippen molar-refractivity contribution in [1.82, 2.24) is 20.1 Å². The van der Waals surface area contributed by atoms with E-state index < -0.39 is 0 Å². The second-order valence-electron chi connectivity index (χ2n) is 2.95. The Balaban J connectivity index is 2.29. The van der Waals surface area contributed by atoms with Crippen LogP contribution in [0.15, 0.2) is 6.33 Å². The van der Waals surface area contributed by atoms with E-state index >= 15 is 0 Å². The van der Waals surface area contributed by atoms with Crippen molar-refractivity contribution < 1.29 is 0 Å². The number of rotatable bonds is 4. The van der Waals surface area contributed by atoms with Gasteiger partial charge in [0.15, 0.2) is 0 Å². The summed E-state index contributed by atoms with van der Waals surface area (Å²) in [4.78, 5) is 0. The molecule has 1 heterocycles. The summed E-state index contributed by atoms with van der Waals surface area (Å²) in [6, 6.07) is 0.119. The number of hydrogen-bond acceptors (Lipinski definition) is 3. The number of nitrogens with one attached hydrogen (secondary N) is 1. The molecule has 0 radical (unpaired) electrons. The van der Waals surface area contributed by atoms with Crippen LogP contribution in [-0.2, 0) is 13.5 Å². The van der Waals surface area contributed by atoms with Gasteiger partial charge >= 0.3 is 0 Å². The fourth-order valence-corrected chi connectivity index (χ4v) is 0.993. The first kappa shape index (κ1) is 9.75. The maximum Gasteiger partial charge on any atom is 0.133 e. The highest BCUT2D eigenvalue weighted by molar-refractivity contribution is 4.96. The van der Waals surface area contributed by atoms with Gasteiger partial charge < -0.3 is 9.88 Å². The van der Waals surface area contributed by atoms with Crippen molar-refractivity contribution in [3.63, 3.8) is 0 Å². The van der Waals surface area contributed by atoms with Crippen LogP contribution in [0.25, 0.3) is 0 Å². The Bertz CT molecular complexity index is 297. The monoisotopic (exact) mass is 178 g/mol. The zero-order chi connectivity index (χ0) is 9.68. The molecule has 0 aromatic carbocycles. The molecule has 13 heavy (non-hydrogen) atoms. The Morgan fingerprint density at radius 3 is 3.08 bits per heavy atom. The molecular formula is C9H14N4. The van der Waals surface area contributed by atoms with Crippen LogP contribution in [0, 0.1) is 12.3 Å². The van der Waals surface area contributed by atoms with Gasteiger partial charge in [-0.15, -0.1) is 16.6 Å². The molecule has 70 valence electrons. The molecule has 0 saturated carbocycles. The molecule has 1 rings (SSSR count). The van der Waals surface area contributed by atoms with Crippen molar-refractivity contribution in [1.29, 1.82) is 0 Å². The molecule has 0 aliphatic rings. The second-order valence-corrected chi connectivity index (χ2v) is 2.95. The lowest BCUT2D eigenvalue weighted by Crippen LogP contribution is -2.27. The van der Waals surface area contributed by atoms with Gasteiger partial charge in [-0.2, -0.15) is 0 Å². The zero-order valence-electron chi connectivity index (χ0n) is 7.99. The quantitative estimate of drug-likeness (QED) is 0.658. The molecule has 1 atom stereocenters. The minimum absolute atomic E-state index is 0.119. The van der Waals surface area contributed by atoms with Crippen molar-refractivity contribution in [3.8, 4) is 12.3 Å². The highest BCUT2D eigenvalue weighted by atomic mass is 15.2. The number of aromatic nitrogens is 3. The summed E-state index contributed by atoms with van der Waals surface area (Å²) in [5.74, 6) is 3.57. The van der Waals surface area contributed by atoms with Crippen LogP contribution in [-0.4, -0.2) is 27.4 Å². The van der Waals surface area contributed by atoms with E-state index in [-0.39, 0.29) is 6.04 Å². The summed E-state index contributed by atoms with van der Waals surface area (Å²) in [5.41, 5.74) is 0. The van der Waals surface area contributed by atoms with Gasteiger partial charge in [0.2, 0.25) is 0 Å². The Hall–Kier alpha value is -1.34. The third-order valence-corrected chi connectivity index (χ3v) is 1.85. The van der Waals surface area contributed by atoms with Crippen molar-refractivity contribution in [2.45, 2.75) is 19.4 Å². The van der Waals surface area contributed by atoms with Crippen LogP contribution in [0.2, 0.25) is 0 Å². The first-order valence-electron chi connectivity index (χ1n) is 4.26. The molecule has 1 unspecified atom stereocenters. The second kappa shape index (κ2) is 4.63. The predicted molar refractivity (Wildman–Crippen MR) is 51.0 cm³/mol. The number of hydrogen-bond donors (Lipinski definition) is 1. The van der Waals surface area contributed by atoms with Gasteiger partial charge in [-0.05, 0) is 6.92 Å². The zero-order valence-corrected chi connectivity index (χ0v) is 7.99. The van der Waals surface area contributed by atoms with Crippen LogP contribution in [0.1, 0.15) is 12.7 Å². The average Bonchev–Trinajstić information content (AvgIpc) is 2.52.